The van der Waals surface area contributed by atoms with E-state index in [1.54, 1.807) is 24.3 Å². The molecule has 1 rings (SSSR count). The second-order valence-corrected chi connectivity index (χ2v) is 5.85. The maximum absolute atomic E-state index is 11.5. The first kappa shape index (κ1) is 15.6. The van der Waals surface area contributed by atoms with E-state index in [9.17, 15) is 13.2 Å². The second kappa shape index (κ2) is 7.22. The van der Waals surface area contributed by atoms with Gasteiger partial charge in [0.1, 0.15) is 0 Å². The van der Waals surface area contributed by atoms with E-state index >= 15 is 0 Å². The van der Waals surface area contributed by atoms with Gasteiger partial charge in [-0.1, -0.05) is 12.1 Å². The molecule has 0 fully saturated rings. The van der Waals surface area contributed by atoms with Gasteiger partial charge in [-0.25, -0.2) is 13.6 Å². The number of rotatable bonds is 7. The third kappa shape index (κ3) is 6.90. The van der Waals surface area contributed by atoms with Crippen LogP contribution in [0.2, 0.25) is 0 Å². The van der Waals surface area contributed by atoms with Crippen LogP contribution >= 0.6 is 0 Å². The molecule has 1 aromatic rings. The molecule has 0 aromatic heterocycles. The molecule has 0 aliphatic carbocycles. The van der Waals surface area contributed by atoms with Gasteiger partial charge in [0.15, 0.2) is 0 Å². The molecule has 1 aromatic carbocycles. The lowest BCUT2D eigenvalue weighted by Crippen LogP contribution is -2.14. The predicted octanol–water partition coefficient (Wildman–Crippen LogP) is 0.576. The number of nitrogens with two attached hydrogens (primary N) is 1. The Morgan fingerprint density at radius 3 is 2.37 bits per heavy atom. The molecule has 0 radical (unpaired) electrons. The standard InChI is InChI=1S/C12H18N2O4S/c13-19(17,18)9-10-4-6-11(7-5-10)14-12(16)3-1-2-8-15/h4-7,15H,1-3,8-9H2,(H,14,16)(H2,13,17,18). The topological polar surface area (TPSA) is 109 Å². The minimum absolute atomic E-state index is 0.0789. The lowest BCUT2D eigenvalue weighted by Gasteiger charge is -2.06. The summed E-state index contributed by atoms with van der Waals surface area (Å²) in [6.07, 6.45) is 1.58. The summed E-state index contributed by atoms with van der Waals surface area (Å²) in [6, 6.07) is 6.47. The SMILES string of the molecule is NS(=O)(=O)Cc1ccc(NC(=O)CCCCO)cc1. The predicted molar refractivity (Wildman–Crippen MR) is 72.8 cm³/mol. The van der Waals surface area contributed by atoms with Crippen molar-refractivity contribution in [3.8, 4) is 0 Å². The number of carbonyl (C=O) groups is 1. The average molecular weight is 286 g/mol. The van der Waals surface area contributed by atoms with Crippen molar-refractivity contribution >= 4 is 21.6 Å². The van der Waals surface area contributed by atoms with Crippen LogP contribution in [0.3, 0.4) is 0 Å². The summed E-state index contributed by atoms with van der Waals surface area (Å²) in [5, 5.41) is 16.2. The highest BCUT2D eigenvalue weighted by atomic mass is 32.2. The Kier molecular flexibility index (Phi) is 5.94. The zero-order valence-electron chi connectivity index (χ0n) is 10.5. The van der Waals surface area contributed by atoms with Crippen molar-refractivity contribution < 1.29 is 18.3 Å². The molecule has 1 amide bonds. The molecule has 106 valence electrons. The summed E-state index contributed by atoms with van der Waals surface area (Å²) in [7, 11) is -3.54. The first-order valence-corrected chi connectivity index (χ1v) is 7.62. The van der Waals surface area contributed by atoms with Gasteiger partial charge in [-0.05, 0) is 30.5 Å². The largest absolute Gasteiger partial charge is 0.396 e. The van der Waals surface area contributed by atoms with E-state index in [1.807, 2.05) is 0 Å². The number of aliphatic hydroxyl groups is 1. The number of hydrogen-bond donors (Lipinski definition) is 3. The van der Waals surface area contributed by atoms with Crippen molar-refractivity contribution in [2.24, 2.45) is 5.14 Å². The van der Waals surface area contributed by atoms with Crippen LogP contribution in [-0.4, -0.2) is 26.0 Å². The van der Waals surface area contributed by atoms with Crippen LogP contribution in [0.4, 0.5) is 5.69 Å². The fraction of sp³-hybridized carbons (Fsp3) is 0.417. The summed E-state index contributed by atoms with van der Waals surface area (Å²) < 4.78 is 21.8. The van der Waals surface area contributed by atoms with Crippen molar-refractivity contribution in [2.75, 3.05) is 11.9 Å². The Hall–Kier alpha value is -1.44. The maximum atomic E-state index is 11.5. The van der Waals surface area contributed by atoms with E-state index in [1.165, 1.54) is 0 Å². The highest BCUT2D eigenvalue weighted by Gasteiger charge is 2.06. The number of primary sulfonamides is 1. The fourth-order valence-electron chi connectivity index (χ4n) is 1.54. The van der Waals surface area contributed by atoms with Gasteiger partial charge in [-0.2, -0.15) is 0 Å². The van der Waals surface area contributed by atoms with Crippen molar-refractivity contribution in [3.05, 3.63) is 29.8 Å². The van der Waals surface area contributed by atoms with Gasteiger partial charge in [0.05, 0.1) is 5.75 Å². The molecule has 0 aliphatic heterocycles. The number of amides is 1. The van der Waals surface area contributed by atoms with Crippen LogP contribution in [0.5, 0.6) is 0 Å². The Morgan fingerprint density at radius 1 is 1.21 bits per heavy atom. The van der Waals surface area contributed by atoms with Crippen LogP contribution in [-0.2, 0) is 20.6 Å². The van der Waals surface area contributed by atoms with Crippen molar-refractivity contribution in [1.82, 2.24) is 0 Å². The molecule has 0 saturated carbocycles. The summed E-state index contributed by atoms with van der Waals surface area (Å²) in [5.74, 6) is -0.356. The zero-order chi connectivity index (χ0) is 14.3. The Morgan fingerprint density at radius 2 is 1.84 bits per heavy atom. The normalized spacial score (nSPS) is 11.3. The van der Waals surface area contributed by atoms with Crippen LogP contribution in [0.25, 0.3) is 0 Å². The molecule has 7 heteroatoms. The first-order valence-electron chi connectivity index (χ1n) is 5.91. The van der Waals surface area contributed by atoms with E-state index in [-0.39, 0.29) is 18.3 Å². The van der Waals surface area contributed by atoms with Crippen LogP contribution in [0.15, 0.2) is 24.3 Å². The average Bonchev–Trinajstić information content (AvgIpc) is 2.30. The summed E-state index contributed by atoms with van der Waals surface area (Å²) in [6.45, 7) is 0.0789. The lowest BCUT2D eigenvalue weighted by atomic mass is 10.2. The number of carbonyl (C=O) groups excluding carboxylic acids is 1. The van der Waals surface area contributed by atoms with E-state index < -0.39 is 10.0 Å². The molecule has 6 nitrogen and oxygen atoms in total. The smallest absolute Gasteiger partial charge is 0.224 e. The number of aliphatic hydroxyl groups excluding tert-OH is 1. The molecule has 0 saturated heterocycles. The van der Waals surface area contributed by atoms with Crippen LogP contribution < -0.4 is 10.5 Å². The number of benzene rings is 1. The highest BCUT2D eigenvalue weighted by Crippen LogP contribution is 2.12. The van der Waals surface area contributed by atoms with Gasteiger partial charge in [0.2, 0.25) is 15.9 Å². The van der Waals surface area contributed by atoms with Crippen molar-refractivity contribution in [2.45, 2.75) is 25.0 Å². The minimum atomic E-state index is -3.54. The van der Waals surface area contributed by atoms with E-state index in [2.05, 4.69) is 5.32 Å². The number of hydrogen-bond acceptors (Lipinski definition) is 4. The Balaban J connectivity index is 2.50. The first-order chi connectivity index (χ1) is 8.90. The number of sulfonamides is 1. The van der Waals surface area contributed by atoms with Gasteiger partial charge >= 0.3 is 0 Å². The maximum Gasteiger partial charge on any atom is 0.224 e. The third-order valence-electron chi connectivity index (χ3n) is 2.42. The summed E-state index contributed by atoms with van der Waals surface area (Å²) in [4.78, 5) is 11.5. The monoisotopic (exact) mass is 286 g/mol. The Labute approximate surface area is 112 Å². The highest BCUT2D eigenvalue weighted by molar-refractivity contribution is 7.88. The van der Waals surface area contributed by atoms with E-state index in [0.717, 1.165) is 0 Å². The molecular formula is C12H18N2O4S. The summed E-state index contributed by atoms with van der Waals surface area (Å²) >= 11 is 0. The van der Waals surface area contributed by atoms with E-state index in [0.29, 0.717) is 30.5 Å². The second-order valence-electron chi connectivity index (χ2n) is 4.23. The lowest BCUT2D eigenvalue weighted by molar-refractivity contribution is -0.116. The number of anilines is 1. The Bertz CT molecular complexity index is 511. The van der Waals surface area contributed by atoms with Crippen molar-refractivity contribution in [1.29, 1.82) is 0 Å². The number of nitrogens with one attached hydrogen (secondary N) is 1. The molecular weight excluding hydrogens is 268 g/mol. The molecule has 0 aliphatic rings. The molecule has 0 unspecified atom stereocenters. The van der Waals surface area contributed by atoms with Gasteiger partial charge in [-0.3, -0.25) is 4.79 Å². The van der Waals surface area contributed by atoms with Crippen LogP contribution in [0, 0.1) is 0 Å². The molecule has 19 heavy (non-hydrogen) atoms. The van der Waals surface area contributed by atoms with Gasteiger partial charge in [-0.15, -0.1) is 0 Å². The summed E-state index contributed by atoms with van der Waals surface area (Å²) in [5.41, 5.74) is 1.17. The van der Waals surface area contributed by atoms with Gasteiger partial charge in [0.25, 0.3) is 0 Å². The molecule has 0 atom stereocenters. The third-order valence-corrected chi connectivity index (χ3v) is 3.15. The quantitative estimate of drug-likeness (QED) is 0.637. The molecule has 0 spiro atoms. The minimum Gasteiger partial charge on any atom is -0.396 e. The molecule has 0 heterocycles. The van der Waals surface area contributed by atoms with Gasteiger partial charge in [0, 0.05) is 18.7 Å². The fourth-order valence-corrected chi connectivity index (χ4v) is 2.19. The van der Waals surface area contributed by atoms with Crippen molar-refractivity contribution in [3.63, 3.8) is 0 Å². The van der Waals surface area contributed by atoms with Gasteiger partial charge < -0.3 is 10.4 Å². The van der Waals surface area contributed by atoms with E-state index in [4.69, 9.17) is 10.2 Å². The van der Waals surface area contributed by atoms with Crippen LogP contribution in [0.1, 0.15) is 24.8 Å². The zero-order valence-corrected chi connectivity index (χ0v) is 11.3. The number of unbranched alkanes of at least 4 members (excludes halogenated alkanes) is 1. The molecule has 4 N–H and O–H groups in total. The molecule has 0 bridgehead atoms.